The number of nitrogens with zero attached hydrogens (tertiary/aromatic N) is 5. The molecule has 14 heteroatoms. The maximum Gasteiger partial charge on any atom is 0.297 e. The number of aromatic nitrogens is 5. The van der Waals surface area contributed by atoms with Crippen LogP contribution in [-0.2, 0) is 27.5 Å². The fourth-order valence-corrected chi connectivity index (χ4v) is 4.12. The summed E-state index contributed by atoms with van der Waals surface area (Å²) in [5.41, 5.74) is 4.35. The Kier molecular flexibility index (Phi) is 9.82. The number of alkyl halides is 1. The third-order valence-electron chi connectivity index (χ3n) is 6.39. The first kappa shape index (κ1) is 29.5. The van der Waals surface area contributed by atoms with Gasteiger partial charge in [0, 0.05) is 12.0 Å². The van der Waals surface area contributed by atoms with E-state index < -0.39 is 12.6 Å². The van der Waals surface area contributed by atoms with Crippen LogP contribution in [-0.4, -0.2) is 63.8 Å². The second kappa shape index (κ2) is 14.3. The molecule has 1 aliphatic rings. The van der Waals surface area contributed by atoms with E-state index in [4.69, 9.17) is 14.3 Å². The number of anilines is 3. The van der Waals surface area contributed by atoms with Gasteiger partial charge in [-0.15, -0.1) is 10.2 Å². The van der Waals surface area contributed by atoms with Gasteiger partial charge in [0.1, 0.15) is 19.6 Å². The number of hydrogen-bond acceptors (Lipinski definition) is 10. The van der Waals surface area contributed by atoms with Crippen LogP contribution in [0.4, 0.5) is 21.6 Å². The van der Waals surface area contributed by atoms with Crippen LogP contribution in [0.5, 0.6) is 5.75 Å². The lowest BCUT2D eigenvalue weighted by atomic mass is 10.1. The molecule has 2 aromatic heterocycles. The maximum absolute atomic E-state index is 12.8. The topological polar surface area (TPSA) is 154 Å². The van der Waals surface area contributed by atoms with Crippen molar-refractivity contribution in [2.45, 2.75) is 26.0 Å². The van der Waals surface area contributed by atoms with E-state index in [0.29, 0.717) is 42.6 Å². The summed E-state index contributed by atoms with van der Waals surface area (Å²) in [6.45, 7) is 0.345. The van der Waals surface area contributed by atoms with Crippen molar-refractivity contribution in [3.63, 3.8) is 0 Å². The zero-order valence-electron chi connectivity index (χ0n) is 23.5. The highest BCUT2D eigenvalue weighted by molar-refractivity contribution is 5.99. The van der Waals surface area contributed by atoms with E-state index in [2.05, 4.69) is 36.4 Å². The summed E-state index contributed by atoms with van der Waals surface area (Å²) < 4.78 is 25.6. The quantitative estimate of drug-likeness (QED) is 0.138. The van der Waals surface area contributed by atoms with Crippen molar-refractivity contribution in [1.82, 2.24) is 30.4 Å². The molecule has 43 heavy (non-hydrogen) atoms. The number of carbonyl (C=O) groups excluding carboxylic acids is 2. The number of hydrogen-bond donors (Lipinski definition) is 3. The van der Waals surface area contributed by atoms with E-state index in [9.17, 15) is 14.0 Å². The average Bonchev–Trinajstić information content (AvgIpc) is 3.78. The van der Waals surface area contributed by atoms with Gasteiger partial charge in [0.05, 0.1) is 43.8 Å². The Bertz CT molecular complexity index is 1550. The van der Waals surface area contributed by atoms with Gasteiger partial charge in [-0.1, -0.05) is 36.4 Å². The van der Waals surface area contributed by atoms with Crippen LogP contribution >= 0.6 is 0 Å². The lowest BCUT2D eigenvalue weighted by Crippen LogP contribution is -2.27. The minimum Gasteiger partial charge on any atom is -0.494 e. The molecule has 0 aliphatic heterocycles. The van der Waals surface area contributed by atoms with E-state index in [0.717, 1.165) is 18.4 Å². The van der Waals surface area contributed by atoms with Gasteiger partial charge in [0.15, 0.2) is 23.1 Å². The Morgan fingerprint density at radius 3 is 2.65 bits per heavy atom. The van der Waals surface area contributed by atoms with Crippen LogP contribution in [0, 0.1) is 5.92 Å². The predicted molar refractivity (Wildman–Crippen MR) is 154 cm³/mol. The van der Waals surface area contributed by atoms with Gasteiger partial charge in [-0.25, -0.2) is 14.9 Å². The van der Waals surface area contributed by atoms with Gasteiger partial charge in [0.25, 0.3) is 5.91 Å². The zero-order chi connectivity index (χ0) is 30.0. The smallest absolute Gasteiger partial charge is 0.297 e. The van der Waals surface area contributed by atoms with Crippen molar-refractivity contribution in [3.05, 3.63) is 72.2 Å². The monoisotopic (exact) mass is 590 g/mol. The van der Waals surface area contributed by atoms with Crippen molar-refractivity contribution in [2.75, 3.05) is 37.6 Å². The number of amides is 2. The fourth-order valence-electron chi connectivity index (χ4n) is 4.12. The molecule has 3 N–H and O–H groups in total. The summed E-state index contributed by atoms with van der Waals surface area (Å²) in [6.07, 6.45) is 3.23. The van der Waals surface area contributed by atoms with E-state index >= 15 is 0 Å². The molecule has 0 unspecified atom stereocenters. The first-order chi connectivity index (χ1) is 21.1. The van der Waals surface area contributed by atoms with Crippen molar-refractivity contribution >= 4 is 29.0 Å². The standard InChI is InChI=1S/C29H31FN8O5/c1-41-26-21(27-31-18-38(36-27)13-15-42-17-19-6-3-2-4-7-19)8-5-9-22(26)32-23-16-24(33-28(39)20-10-11-20)34-35-25(23)29(40)37-43-14-12-30/h2-9,16,18,20H,10-15,17H2,1H3,(H,37,40)(H2,32,33,34,39). The Balaban J connectivity index is 1.33. The Morgan fingerprint density at radius 2 is 1.88 bits per heavy atom. The van der Waals surface area contributed by atoms with Gasteiger partial charge in [0.2, 0.25) is 5.91 Å². The predicted octanol–water partition coefficient (Wildman–Crippen LogP) is 3.68. The van der Waals surface area contributed by atoms with E-state index in [-0.39, 0.29) is 35.6 Å². The molecule has 5 rings (SSSR count). The van der Waals surface area contributed by atoms with E-state index in [1.807, 2.05) is 30.3 Å². The lowest BCUT2D eigenvalue weighted by molar-refractivity contribution is -0.117. The number of nitrogens with one attached hydrogen (secondary N) is 3. The molecule has 1 aliphatic carbocycles. The minimum absolute atomic E-state index is 0.0604. The molecule has 2 heterocycles. The summed E-state index contributed by atoms with van der Waals surface area (Å²) in [7, 11) is 1.50. The molecule has 2 aromatic carbocycles. The van der Waals surface area contributed by atoms with Crippen molar-refractivity contribution in [2.24, 2.45) is 5.92 Å². The van der Waals surface area contributed by atoms with Gasteiger partial charge < -0.3 is 20.1 Å². The molecule has 0 spiro atoms. The number of rotatable bonds is 15. The van der Waals surface area contributed by atoms with Gasteiger partial charge >= 0.3 is 0 Å². The molecule has 0 bridgehead atoms. The van der Waals surface area contributed by atoms with Crippen LogP contribution in [0.2, 0.25) is 0 Å². The van der Waals surface area contributed by atoms with Crippen LogP contribution in [0.25, 0.3) is 11.4 Å². The number of benzene rings is 2. The van der Waals surface area contributed by atoms with Crippen molar-refractivity contribution in [1.29, 1.82) is 0 Å². The highest BCUT2D eigenvalue weighted by atomic mass is 19.1. The number of methoxy groups -OCH3 is 1. The average molecular weight is 591 g/mol. The van der Waals surface area contributed by atoms with E-state index in [1.54, 1.807) is 29.2 Å². The molecule has 4 aromatic rings. The molecule has 0 saturated heterocycles. The molecular weight excluding hydrogens is 559 g/mol. The first-order valence-corrected chi connectivity index (χ1v) is 13.7. The number of para-hydroxylation sites is 1. The lowest BCUT2D eigenvalue weighted by Gasteiger charge is -2.16. The number of carbonyl (C=O) groups is 2. The molecule has 1 fully saturated rings. The Labute approximate surface area is 246 Å². The molecule has 0 radical (unpaired) electrons. The molecule has 2 amide bonds. The van der Waals surface area contributed by atoms with Crippen molar-refractivity contribution < 1.29 is 28.3 Å². The summed E-state index contributed by atoms with van der Waals surface area (Å²) in [4.78, 5) is 34.3. The number of halogens is 1. The number of hydroxylamine groups is 1. The summed E-state index contributed by atoms with van der Waals surface area (Å²) in [6, 6.07) is 16.7. The SMILES string of the molecule is COc1c(Nc2cc(NC(=O)C3CC3)nnc2C(=O)NOCCF)cccc1-c1ncn(CCOCc2ccccc2)n1. The largest absolute Gasteiger partial charge is 0.494 e. The summed E-state index contributed by atoms with van der Waals surface area (Å²) >= 11 is 0. The summed E-state index contributed by atoms with van der Waals surface area (Å²) in [5, 5.41) is 18.4. The Morgan fingerprint density at radius 1 is 1.05 bits per heavy atom. The summed E-state index contributed by atoms with van der Waals surface area (Å²) in [5.74, 6) is -0.00298. The zero-order valence-corrected chi connectivity index (χ0v) is 23.5. The molecule has 13 nitrogen and oxygen atoms in total. The van der Waals surface area contributed by atoms with Crippen LogP contribution in [0.3, 0.4) is 0 Å². The second-order valence-corrected chi connectivity index (χ2v) is 9.60. The third-order valence-corrected chi connectivity index (χ3v) is 6.39. The van der Waals surface area contributed by atoms with E-state index in [1.165, 1.54) is 13.2 Å². The van der Waals surface area contributed by atoms with Crippen LogP contribution in [0.1, 0.15) is 28.9 Å². The molecule has 224 valence electrons. The van der Waals surface area contributed by atoms with Gasteiger partial charge in [-0.3, -0.25) is 19.1 Å². The van der Waals surface area contributed by atoms with Crippen LogP contribution in [0.15, 0.2) is 60.9 Å². The second-order valence-electron chi connectivity index (χ2n) is 9.60. The first-order valence-electron chi connectivity index (χ1n) is 13.7. The van der Waals surface area contributed by atoms with Crippen molar-refractivity contribution in [3.8, 4) is 17.1 Å². The highest BCUT2D eigenvalue weighted by Crippen LogP contribution is 2.37. The van der Waals surface area contributed by atoms with Crippen LogP contribution < -0.4 is 20.9 Å². The third kappa shape index (κ3) is 7.87. The normalized spacial score (nSPS) is 12.5. The maximum atomic E-state index is 12.8. The number of ether oxygens (including phenoxy) is 2. The van der Waals surface area contributed by atoms with Gasteiger partial charge in [-0.05, 0) is 30.5 Å². The highest BCUT2D eigenvalue weighted by Gasteiger charge is 2.30. The molecule has 1 saturated carbocycles. The van der Waals surface area contributed by atoms with Gasteiger partial charge in [-0.2, -0.15) is 5.10 Å². The molecular formula is C29H31FN8O5. The fraction of sp³-hybridized carbons (Fsp3) is 0.310. The Hall–Kier alpha value is -4.95. The minimum atomic E-state index is -0.780. The molecule has 0 atom stereocenters.